The van der Waals surface area contributed by atoms with Crippen LogP contribution in [0, 0.1) is 0 Å². The highest BCUT2D eigenvalue weighted by molar-refractivity contribution is 6.63. The Morgan fingerprint density at radius 1 is 0.943 bits per heavy atom. The van der Waals surface area contributed by atoms with Crippen LogP contribution in [0.3, 0.4) is 0 Å². The molecule has 1 amide bonds. The van der Waals surface area contributed by atoms with E-state index < -0.39 is 24.4 Å². The number of ether oxygens (including phenoxy) is 2. The minimum atomic E-state index is -1.03. The molecule has 1 saturated heterocycles. The van der Waals surface area contributed by atoms with Crippen LogP contribution in [0.2, 0.25) is 0 Å². The quantitative estimate of drug-likeness (QED) is 0.342. The second-order valence-corrected chi connectivity index (χ2v) is 9.70. The van der Waals surface area contributed by atoms with Crippen molar-refractivity contribution in [2.75, 3.05) is 13.2 Å². The van der Waals surface area contributed by atoms with Gasteiger partial charge in [0.2, 0.25) is 0 Å². The van der Waals surface area contributed by atoms with Gasteiger partial charge in [-0.15, -0.1) is 0 Å². The van der Waals surface area contributed by atoms with Gasteiger partial charge in [-0.3, -0.25) is 0 Å². The second kappa shape index (κ2) is 10.2. The zero-order valence-corrected chi connectivity index (χ0v) is 20.7. The summed E-state index contributed by atoms with van der Waals surface area (Å²) in [5, 5.41) is 13.0. The molecule has 0 aliphatic carbocycles. The van der Waals surface area contributed by atoms with Gasteiger partial charge in [0.05, 0.1) is 17.8 Å². The molecule has 2 N–H and O–H groups in total. The summed E-state index contributed by atoms with van der Waals surface area (Å²) in [5.74, 6) is 1.41. The largest absolute Gasteiger partial charge is 0.498 e. The molecule has 35 heavy (non-hydrogen) atoms. The lowest BCUT2D eigenvalue weighted by atomic mass is 9.77. The molecule has 8 heteroatoms. The van der Waals surface area contributed by atoms with Crippen LogP contribution in [-0.4, -0.2) is 42.7 Å². The van der Waals surface area contributed by atoms with Crippen molar-refractivity contribution in [2.45, 2.75) is 51.9 Å². The van der Waals surface area contributed by atoms with Gasteiger partial charge < -0.3 is 29.2 Å². The predicted octanol–water partition coefficient (Wildman–Crippen LogP) is 4.75. The van der Waals surface area contributed by atoms with Crippen LogP contribution in [0.15, 0.2) is 60.7 Å². The fourth-order valence-corrected chi connectivity index (χ4v) is 3.83. The van der Waals surface area contributed by atoms with Gasteiger partial charge in [-0.2, -0.15) is 0 Å². The van der Waals surface area contributed by atoms with Crippen LogP contribution >= 0.6 is 0 Å². The molecule has 0 spiro atoms. The molecule has 0 atom stereocenters. The molecule has 3 aromatic carbocycles. The Bertz CT molecular complexity index is 1170. The number of hydrogen-bond acceptors (Lipinski definition) is 5. The maximum atomic E-state index is 10.6. The molecule has 1 heterocycles. The molecule has 7 nitrogen and oxygen atoms in total. The lowest BCUT2D eigenvalue weighted by Gasteiger charge is -2.32. The third-order valence-corrected chi connectivity index (χ3v) is 6.55. The first-order chi connectivity index (χ1) is 16.6. The monoisotopic (exact) mass is 477 g/mol. The SMILES string of the molecule is CC1(C)OB(c2cc3ccc(OCCCNC(=O)O)cc3cc2OCc2ccccc2)OC1(C)C. The van der Waals surface area contributed by atoms with Crippen LogP contribution in [0.5, 0.6) is 11.5 Å². The smallest absolute Gasteiger partial charge is 0.494 e. The number of hydrogen-bond donors (Lipinski definition) is 2. The van der Waals surface area contributed by atoms with Crippen LogP contribution in [-0.2, 0) is 15.9 Å². The number of carbonyl (C=O) groups is 1. The number of rotatable bonds is 9. The van der Waals surface area contributed by atoms with Gasteiger partial charge in [0.15, 0.2) is 0 Å². The van der Waals surface area contributed by atoms with E-state index in [1.807, 2.05) is 82.3 Å². The molecule has 1 aliphatic heterocycles. The highest BCUT2D eigenvalue weighted by atomic mass is 16.7. The Kier molecular flexibility index (Phi) is 7.24. The normalized spacial score (nSPS) is 16.3. The highest BCUT2D eigenvalue weighted by Crippen LogP contribution is 2.38. The zero-order chi connectivity index (χ0) is 25.1. The first-order valence-corrected chi connectivity index (χ1v) is 11.8. The predicted molar refractivity (Wildman–Crippen MR) is 137 cm³/mol. The van der Waals surface area contributed by atoms with Gasteiger partial charge in [-0.05, 0) is 68.7 Å². The van der Waals surface area contributed by atoms with Crippen molar-refractivity contribution in [3.8, 4) is 11.5 Å². The third-order valence-electron chi connectivity index (χ3n) is 6.55. The van der Waals surface area contributed by atoms with E-state index in [-0.39, 0.29) is 0 Å². The first-order valence-electron chi connectivity index (χ1n) is 11.8. The van der Waals surface area contributed by atoms with Crippen LogP contribution < -0.4 is 20.3 Å². The summed E-state index contributed by atoms with van der Waals surface area (Å²) in [6, 6.07) is 19.9. The maximum Gasteiger partial charge on any atom is 0.498 e. The molecular formula is C27H32BNO6. The Balaban J connectivity index is 1.59. The van der Waals surface area contributed by atoms with Gasteiger partial charge in [-0.25, -0.2) is 4.79 Å². The topological polar surface area (TPSA) is 86.3 Å². The highest BCUT2D eigenvalue weighted by Gasteiger charge is 2.52. The fraction of sp³-hybridized carbons (Fsp3) is 0.370. The summed E-state index contributed by atoms with van der Waals surface area (Å²) in [7, 11) is -0.548. The Morgan fingerprint density at radius 2 is 1.66 bits per heavy atom. The van der Waals surface area contributed by atoms with Crippen molar-refractivity contribution in [1.29, 1.82) is 0 Å². The van der Waals surface area contributed by atoms with E-state index in [0.29, 0.717) is 37.7 Å². The average molecular weight is 477 g/mol. The summed E-state index contributed by atoms with van der Waals surface area (Å²) in [6.07, 6.45) is -0.451. The first kappa shape index (κ1) is 24.9. The average Bonchev–Trinajstić information content (AvgIpc) is 3.03. The maximum absolute atomic E-state index is 10.6. The van der Waals surface area contributed by atoms with Crippen molar-refractivity contribution < 1.29 is 28.7 Å². The van der Waals surface area contributed by atoms with E-state index in [1.54, 1.807) is 0 Å². The minimum absolute atomic E-state index is 0.345. The lowest BCUT2D eigenvalue weighted by molar-refractivity contribution is 0.00578. The molecule has 0 bridgehead atoms. The molecule has 1 aliphatic rings. The summed E-state index contributed by atoms with van der Waals surface area (Å²) in [4.78, 5) is 10.6. The number of nitrogens with one attached hydrogen (secondary N) is 1. The number of benzene rings is 3. The number of amides is 1. The van der Waals surface area contributed by atoms with Gasteiger partial charge in [0, 0.05) is 12.0 Å². The molecule has 0 saturated carbocycles. The molecule has 1 fully saturated rings. The molecule has 0 unspecified atom stereocenters. The number of fused-ring (bicyclic) bond motifs is 1. The van der Waals surface area contributed by atoms with Gasteiger partial charge in [-0.1, -0.05) is 42.5 Å². The number of carboxylic acid groups (broad SMARTS) is 1. The van der Waals surface area contributed by atoms with E-state index in [2.05, 4.69) is 11.4 Å². The lowest BCUT2D eigenvalue weighted by Crippen LogP contribution is -2.41. The molecular weight excluding hydrogens is 445 g/mol. The van der Waals surface area contributed by atoms with E-state index in [1.165, 1.54) is 0 Å². The Morgan fingerprint density at radius 3 is 2.34 bits per heavy atom. The minimum Gasteiger partial charge on any atom is -0.494 e. The van der Waals surface area contributed by atoms with Crippen molar-refractivity contribution in [2.24, 2.45) is 0 Å². The van der Waals surface area contributed by atoms with Crippen LogP contribution in [0.25, 0.3) is 10.8 Å². The summed E-state index contributed by atoms with van der Waals surface area (Å²) >= 11 is 0. The zero-order valence-electron chi connectivity index (χ0n) is 20.7. The summed E-state index contributed by atoms with van der Waals surface area (Å²) in [5.41, 5.74) is 0.993. The van der Waals surface area contributed by atoms with Gasteiger partial charge in [0.1, 0.15) is 18.1 Å². The van der Waals surface area contributed by atoms with Gasteiger partial charge in [0.25, 0.3) is 0 Å². The van der Waals surface area contributed by atoms with Crippen molar-refractivity contribution in [1.82, 2.24) is 5.32 Å². The molecule has 3 aromatic rings. The van der Waals surface area contributed by atoms with E-state index in [0.717, 1.165) is 21.8 Å². The third kappa shape index (κ3) is 5.89. The second-order valence-electron chi connectivity index (χ2n) is 9.70. The van der Waals surface area contributed by atoms with E-state index in [9.17, 15) is 4.79 Å². The standard InChI is InChI=1S/C27H32BNO6/c1-26(2)27(3,4)35-28(34-26)23-16-20-11-12-22(32-14-8-13-29-25(30)31)15-21(20)17-24(23)33-18-19-9-6-5-7-10-19/h5-7,9-12,15-17,29H,8,13-14,18H2,1-4H3,(H,30,31). The molecule has 4 rings (SSSR count). The van der Waals surface area contributed by atoms with Crippen LogP contribution in [0.1, 0.15) is 39.7 Å². The fourth-order valence-electron chi connectivity index (χ4n) is 3.83. The molecule has 0 radical (unpaired) electrons. The van der Waals surface area contributed by atoms with E-state index >= 15 is 0 Å². The summed E-state index contributed by atoms with van der Waals surface area (Å²) < 4.78 is 24.8. The van der Waals surface area contributed by atoms with Crippen molar-refractivity contribution in [3.63, 3.8) is 0 Å². The molecule has 0 aromatic heterocycles. The summed E-state index contributed by atoms with van der Waals surface area (Å²) in [6.45, 7) is 9.32. The van der Waals surface area contributed by atoms with Crippen molar-refractivity contribution in [3.05, 3.63) is 66.2 Å². The Hall–Kier alpha value is -3.23. The van der Waals surface area contributed by atoms with Crippen molar-refractivity contribution >= 4 is 29.4 Å². The Labute approximate surface area is 206 Å². The van der Waals surface area contributed by atoms with E-state index in [4.69, 9.17) is 23.9 Å². The molecule has 184 valence electrons. The van der Waals surface area contributed by atoms with Gasteiger partial charge >= 0.3 is 13.2 Å². The van der Waals surface area contributed by atoms with Crippen LogP contribution in [0.4, 0.5) is 4.79 Å².